The quantitative estimate of drug-likeness (QED) is 0.936. The standard InChI is InChI=1S/C16H20ClN5O/c1-20-12-13(11-19-20)10-18-16(23)22-8-6-21(7-9-22)15-5-3-2-4-14(15)17/h2-5,11-12H,6-10H2,1H3,(H,18,23). The number of hydrogen-bond acceptors (Lipinski definition) is 3. The average Bonchev–Trinajstić information content (AvgIpc) is 2.99. The molecule has 0 radical (unpaired) electrons. The van der Waals surface area contributed by atoms with Crippen LogP contribution in [-0.2, 0) is 13.6 Å². The summed E-state index contributed by atoms with van der Waals surface area (Å²) in [5.41, 5.74) is 2.03. The SMILES string of the molecule is Cn1cc(CNC(=O)N2CCN(c3ccccc3Cl)CC2)cn1. The van der Waals surface area contributed by atoms with E-state index in [0.717, 1.165) is 29.4 Å². The number of hydrogen-bond donors (Lipinski definition) is 1. The zero-order valence-electron chi connectivity index (χ0n) is 13.1. The highest BCUT2D eigenvalue weighted by atomic mass is 35.5. The average molecular weight is 334 g/mol. The normalized spacial score (nSPS) is 14.9. The highest BCUT2D eigenvalue weighted by Crippen LogP contribution is 2.25. The number of aromatic nitrogens is 2. The number of carbonyl (C=O) groups is 1. The lowest BCUT2D eigenvalue weighted by atomic mass is 10.2. The van der Waals surface area contributed by atoms with Gasteiger partial charge in [-0.2, -0.15) is 5.10 Å². The van der Waals surface area contributed by atoms with Crippen LogP contribution in [0.1, 0.15) is 5.56 Å². The lowest BCUT2D eigenvalue weighted by molar-refractivity contribution is 0.194. The van der Waals surface area contributed by atoms with Crippen molar-refractivity contribution >= 4 is 23.3 Å². The third kappa shape index (κ3) is 3.76. The molecule has 0 unspecified atom stereocenters. The van der Waals surface area contributed by atoms with E-state index in [-0.39, 0.29) is 6.03 Å². The number of urea groups is 1. The van der Waals surface area contributed by atoms with Crippen molar-refractivity contribution in [3.05, 3.63) is 47.2 Å². The number of para-hydroxylation sites is 1. The van der Waals surface area contributed by atoms with E-state index in [1.165, 1.54) is 0 Å². The van der Waals surface area contributed by atoms with E-state index < -0.39 is 0 Å². The Bertz CT molecular complexity index is 679. The molecule has 0 bridgehead atoms. The van der Waals surface area contributed by atoms with Gasteiger partial charge < -0.3 is 15.1 Å². The second kappa shape index (κ2) is 6.91. The molecule has 1 aliphatic heterocycles. The molecular weight excluding hydrogens is 314 g/mol. The van der Waals surface area contributed by atoms with Crippen LogP contribution in [0.25, 0.3) is 0 Å². The van der Waals surface area contributed by atoms with Gasteiger partial charge in [0.25, 0.3) is 0 Å². The molecule has 0 atom stereocenters. The van der Waals surface area contributed by atoms with Gasteiger partial charge in [-0.05, 0) is 12.1 Å². The first-order valence-corrected chi connectivity index (χ1v) is 8.01. The number of halogens is 1. The Morgan fingerprint density at radius 2 is 2.00 bits per heavy atom. The summed E-state index contributed by atoms with van der Waals surface area (Å²) < 4.78 is 1.73. The number of carbonyl (C=O) groups excluding carboxylic acids is 1. The van der Waals surface area contributed by atoms with Gasteiger partial charge in [-0.15, -0.1) is 0 Å². The molecule has 1 N–H and O–H groups in total. The van der Waals surface area contributed by atoms with Gasteiger partial charge in [0, 0.05) is 51.5 Å². The summed E-state index contributed by atoms with van der Waals surface area (Å²) in [6.45, 7) is 3.43. The monoisotopic (exact) mass is 333 g/mol. The van der Waals surface area contributed by atoms with Crippen molar-refractivity contribution in [2.75, 3.05) is 31.1 Å². The van der Waals surface area contributed by atoms with Crippen molar-refractivity contribution in [1.82, 2.24) is 20.0 Å². The van der Waals surface area contributed by atoms with E-state index in [0.29, 0.717) is 19.6 Å². The van der Waals surface area contributed by atoms with Crippen molar-refractivity contribution in [3.63, 3.8) is 0 Å². The summed E-state index contributed by atoms with van der Waals surface area (Å²) in [4.78, 5) is 16.3. The Labute approximate surface area is 140 Å². The zero-order valence-corrected chi connectivity index (χ0v) is 13.8. The van der Waals surface area contributed by atoms with Gasteiger partial charge in [0.2, 0.25) is 0 Å². The van der Waals surface area contributed by atoms with Crippen LogP contribution in [-0.4, -0.2) is 46.9 Å². The second-order valence-corrected chi connectivity index (χ2v) is 6.01. The molecule has 1 saturated heterocycles. The highest BCUT2D eigenvalue weighted by molar-refractivity contribution is 6.33. The number of amides is 2. The Hall–Kier alpha value is -2.21. The molecule has 0 aliphatic carbocycles. The predicted octanol–water partition coefficient (Wildman–Crippen LogP) is 2.11. The van der Waals surface area contributed by atoms with Crippen molar-refractivity contribution in [2.45, 2.75) is 6.54 Å². The van der Waals surface area contributed by atoms with Crippen LogP contribution in [0.2, 0.25) is 5.02 Å². The van der Waals surface area contributed by atoms with E-state index in [4.69, 9.17) is 11.6 Å². The molecule has 6 nitrogen and oxygen atoms in total. The molecule has 1 aromatic heterocycles. The largest absolute Gasteiger partial charge is 0.367 e. The first-order chi connectivity index (χ1) is 11.1. The molecule has 23 heavy (non-hydrogen) atoms. The Balaban J connectivity index is 1.50. The molecule has 2 heterocycles. The minimum atomic E-state index is -0.0346. The van der Waals surface area contributed by atoms with Crippen LogP contribution < -0.4 is 10.2 Å². The molecule has 3 rings (SSSR count). The topological polar surface area (TPSA) is 53.4 Å². The van der Waals surface area contributed by atoms with Gasteiger partial charge in [0.1, 0.15) is 0 Å². The van der Waals surface area contributed by atoms with E-state index in [1.807, 2.05) is 42.4 Å². The lowest BCUT2D eigenvalue weighted by Gasteiger charge is -2.36. The summed E-state index contributed by atoms with van der Waals surface area (Å²) in [6, 6.07) is 7.78. The second-order valence-electron chi connectivity index (χ2n) is 5.61. The summed E-state index contributed by atoms with van der Waals surface area (Å²) in [7, 11) is 1.86. The van der Waals surface area contributed by atoms with Gasteiger partial charge in [-0.1, -0.05) is 23.7 Å². The highest BCUT2D eigenvalue weighted by Gasteiger charge is 2.22. The predicted molar refractivity (Wildman–Crippen MR) is 90.7 cm³/mol. The number of anilines is 1. The van der Waals surface area contributed by atoms with Crippen LogP contribution in [0, 0.1) is 0 Å². The molecule has 122 valence electrons. The summed E-state index contributed by atoms with van der Waals surface area (Å²) in [5.74, 6) is 0. The minimum Gasteiger partial charge on any atom is -0.367 e. The number of piperazine rings is 1. The maximum Gasteiger partial charge on any atom is 0.317 e. The van der Waals surface area contributed by atoms with Crippen molar-refractivity contribution < 1.29 is 4.79 Å². The van der Waals surface area contributed by atoms with Gasteiger partial charge in [-0.25, -0.2) is 4.79 Å². The summed E-state index contributed by atoms with van der Waals surface area (Å²) in [5, 5.41) is 7.78. The summed E-state index contributed by atoms with van der Waals surface area (Å²) >= 11 is 6.23. The van der Waals surface area contributed by atoms with Crippen molar-refractivity contribution in [3.8, 4) is 0 Å². The van der Waals surface area contributed by atoms with Gasteiger partial charge >= 0.3 is 6.03 Å². The fraction of sp³-hybridized carbons (Fsp3) is 0.375. The van der Waals surface area contributed by atoms with Gasteiger partial charge in [-0.3, -0.25) is 4.68 Å². The molecular formula is C16H20ClN5O. The molecule has 0 saturated carbocycles. The maximum atomic E-state index is 12.2. The van der Waals surface area contributed by atoms with E-state index in [2.05, 4.69) is 15.3 Å². The van der Waals surface area contributed by atoms with E-state index in [9.17, 15) is 4.79 Å². The molecule has 1 fully saturated rings. The number of aryl methyl sites for hydroxylation is 1. The van der Waals surface area contributed by atoms with Crippen LogP contribution in [0.5, 0.6) is 0 Å². The molecule has 2 amide bonds. The van der Waals surface area contributed by atoms with Crippen LogP contribution >= 0.6 is 11.6 Å². The van der Waals surface area contributed by atoms with Crippen LogP contribution in [0.3, 0.4) is 0 Å². The van der Waals surface area contributed by atoms with Crippen molar-refractivity contribution in [2.24, 2.45) is 7.05 Å². The first-order valence-electron chi connectivity index (χ1n) is 7.63. The Kier molecular flexibility index (Phi) is 4.71. The van der Waals surface area contributed by atoms with Gasteiger partial charge in [0.05, 0.1) is 16.9 Å². The minimum absolute atomic E-state index is 0.0346. The van der Waals surface area contributed by atoms with E-state index >= 15 is 0 Å². The molecule has 1 aromatic carbocycles. The fourth-order valence-electron chi connectivity index (χ4n) is 2.71. The fourth-order valence-corrected chi connectivity index (χ4v) is 2.97. The van der Waals surface area contributed by atoms with Crippen LogP contribution in [0.4, 0.5) is 10.5 Å². The third-order valence-corrected chi connectivity index (χ3v) is 4.28. The maximum absolute atomic E-state index is 12.2. The van der Waals surface area contributed by atoms with Crippen molar-refractivity contribution in [1.29, 1.82) is 0 Å². The molecule has 0 spiro atoms. The first kappa shape index (κ1) is 15.7. The number of nitrogens with one attached hydrogen (secondary N) is 1. The number of rotatable bonds is 3. The zero-order chi connectivity index (χ0) is 16.2. The molecule has 7 heteroatoms. The summed E-state index contributed by atoms with van der Waals surface area (Å²) in [6.07, 6.45) is 3.66. The lowest BCUT2D eigenvalue weighted by Crippen LogP contribution is -2.51. The van der Waals surface area contributed by atoms with Crippen LogP contribution in [0.15, 0.2) is 36.7 Å². The molecule has 1 aliphatic rings. The number of benzene rings is 1. The Morgan fingerprint density at radius 3 is 2.65 bits per heavy atom. The van der Waals surface area contributed by atoms with E-state index in [1.54, 1.807) is 10.9 Å². The molecule has 2 aromatic rings. The smallest absolute Gasteiger partial charge is 0.317 e. The third-order valence-electron chi connectivity index (χ3n) is 3.96. The number of nitrogens with zero attached hydrogens (tertiary/aromatic N) is 4. The Morgan fingerprint density at radius 1 is 1.26 bits per heavy atom. The van der Waals surface area contributed by atoms with Gasteiger partial charge in [0.15, 0.2) is 0 Å².